The first kappa shape index (κ1) is 10.9. The van der Waals surface area contributed by atoms with Crippen LogP contribution in [-0.2, 0) is 4.84 Å². The molecule has 1 atom stereocenters. The first-order valence-corrected chi connectivity index (χ1v) is 4.63. The van der Waals surface area contributed by atoms with Gasteiger partial charge in [0.25, 0.3) is 0 Å². The number of piperazine rings is 1. The molecule has 1 saturated heterocycles. The molecule has 5 nitrogen and oxygen atoms in total. The second-order valence-electron chi connectivity index (χ2n) is 3.59. The van der Waals surface area contributed by atoms with Gasteiger partial charge in [0.05, 0.1) is 12.7 Å². The minimum atomic E-state index is -0.464. The van der Waals surface area contributed by atoms with Crippen LogP contribution in [0.4, 0.5) is 0 Å². The highest BCUT2D eigenvalue weighted by atomic mass is 16.6. The molecule has 1 rings (SSSR count). The summed E-state index contributed by atoms with van der Waals surface area (Å²) < 4.78 is 0. The highest BCUT2D eigenvalue weighted by molar-refractivity contribution is 4.71. The van der Waals surface area contributed by atoms with Crippen LogP contribution in [0.5, 0.6) is 0 Å². The molecule has 1 heterocycles. The summed E-state index contributed by atoms with van der Waals surface area (Å²) in [4.78, 5) is 8.89. The Morgan fingerprint density at radius 1 is 1.38 bits per heavy atom. The van der Waals surface area contributed by atoms with Gasteiger partial charge < -0.3 is 14.8 Å². The fourth-order valence-corrected chi connectivity index (χ4v) is 1.49. The van der Waals surface area contributed by atoms with Crippen molar-refractivity contribution in [2.24, 2.45) is 5.90 Å². The van der Waals surface area contributed by atoms with Crippen LogP contribution in [0.15, 0.2) is 0 Å². The zero-order chi connectivity index (χ0) is 9.68. The molecule has 0 aromatic rings. The maximum atomic E-state index is 9.41. The molecule has 78 valence electrons. The van der Waals surface area contributed by atoms with E-state index < -0.39 is 6.10 Å². The molecular weight excluding hydrogens is 170 g/mol. The first-order chi connectivity index (χ1) is 6.22. The van der Waals surface area contributed by atoms with Crippen molar-refractivity contribution in [2.75, 3.05) is 46.4 Å². The molecule has 0 saturated carbocycles. The van der Waals surface area contributed by atoms with Crippen molar-refractivity contribution in [1.82, 2.24) is 9.80 Å². The van der Waals surface area contributed by atoms with E-state index in [9.17, 15) is 5.11 Å². The third kappa shape index (κ3) is 4.02. The van der Waals surface area contributed by atoms with Crippen molar-refractivity contribution in [3.05, 3.63) is 0 Å². The number of aliphatic hydroxyl groups is 1. The second-order valence-corrected chi connectivity index (χ2v) is 3.59. The highest BCUT2D eigenvalue weighted by Gasteiger charge is 2.16. The van der Waals surface area contributed by atoms with Gasteiger partial charge in [-0.25, -0.2) is 5.90 Å². The lowest BCUT2D eigenvalue weighted by Crippen LogP contribution is -2.47. The Balaban J connectivity index is 2.14. The van der Waals surface area contributed by atoms with E-state index in [1.807, 2.05) is 0 Å². The van der Waals surface area contributed by atoms with Gasteiger partial charge in [0.15, 0.2) is 0 Å². The van der Waals surface area contributed by atoms with Gasteiger partial charge in [-0.05, 0) is 7.05 Å². The number of likely N-dealkylation sites (N-methyl/N-ethyl adjacent to an activating group) is 1. The maximum absolute atomic E-state index is 9.41. The Morgan fingerprint density at radius 2 is 2.00 bits per heavy atom. The van der Waals surface area contributed by atoms with E-state index in [1.165, 1.54) is 0 Å². The zero-order valence-corrected chi connectivity index (χ0v) is 8.15. The average molecular weight is 189 g/mol. The van der Waals surface area contributed by atoms with Crippen LogP contribution in [0.3, 0.4) is 0 Å². The molecule has 0 aromatic carbocycles. The van der Waals surface area contributed by atoms with Gasteiger partial charge in [0, 0.05) is 32.7 Å². The molecular formula is C8H19N3O2. The van der Waals surface area contributed by atoms with Gasteiger partial charge in [0.2, 0.25) is 0 Å². The number of β-amino-alcohol motifs (C(OH)–C–C–N with tert-alkyl or cyclic N) is 1. The Labute approximate surface area is 79.0 Å². The lowest BCUT2D eigenvalue weighted by molar-refractivity contribution is 0.00843. The Bertz CT molecular complexity index is 137. The molecule has 1 unspecified atom stereocenters. The van der Waals surface area contributed by atoms with Gasteiger partial charge in [0.1, 0.15) is 0 Å². The number of rotatable bonds is 4. The van der Waals surface area contributed by atoms with Crippen molar-refractivity contribution < 1.29 is 9.94 Å². The van der Waals surface area contributed by atoms with Crippen LogP contribution < -0.4 is 5.90 Å². The lowest BCUT2D eigenvalue weighted by atomic mass is 10.3. The lowest BCUT2D eigenvalue weighted by Gasteiger charge is -2.33. The smallest absolute Gasteiger partial charge is 0.0951 e. The summed E-state index contributed by atoms with van der Waals surface area (Å²) in [5.41, 5.74) is 0. The van der Waals surface area contributed by atoms with Crippen LogP contribution in [0.25, 0.3) is 0 Å². The SMILES string of the molecule is CN1CCN(CC(O)CON)CC1. The summed E-state index contributed by atoms with van der Waals surface area (Å²) in [6.07, 6.45) is -0.464. The quantitative estimate of drug-likeness (QED) is 0.526. The van der Waals surface area contributed by atoms with E-state index in [4.69, 9.17) is 5.90 Å². The summed E-state index contributed by atoms with van der Waals surface area (Å²) in [5, 5.41) is 9.41. The van der Waals surface area contributed by atoms with Gasteiger partial charge in [-0.1, -0.05) is 0 Å². The standard InChI is InChI=1S/C8H19N3O2/c1-10-2-4-11(5-3-10)6-8(12)7-13-9/h8,12H,2-7,9H2,1H3. The molecule has 5 heteroatoms. The van der Waals surface area contributed by atoms with E-state index in [2.05, 4.69) is 21.7 Å². The second kappa shape index (κ2) is 5.51. The van der Waals surface area contributed by atoms with Gasteiger partial charge >= 0.3 is 0 Å². The molecule has 0 radical (unpaired) electrons. The minimum Gasteiger partial charge on any atom is -0.389 e. The van der Waals surface area contributed by atoms with Gasteiger partial charge in [-0.2, -0.15) is 0 Å². The Hall–Kier alpha value is -0.200. The van der Waals surface area contributed by atoms with E-state index in [0.29, 0.717) is 6.54 Å². The van der Waals surface area contributed by atoms with Gasteiger partial charge in [-0.3, -0.25) is 4.90 Å². The van der Waals surface area contributed by atoms with Crippen LogP contribution in [-0.4, -0.2) is 67.4 Å². The molecule has 0 aromatic heterocycles. The maximum Gasteiger partial charge on any atom is 0.0951 e. The number of nitrogens with zero attached hydrogens (tertiary/aromatic N) is 2. The number of nitrogens with two attached hydrogens (primary N) is 1. The predicted molar refractivity (Wildman–Crippen MR) is 50.1 cm³/mol. The fourth-order valence-electron chi connectivity index (χ4n) is 1.49. The zero-order valence-electron chi connectivity index (χ0n) is 8.15. The highest BCUT2D eigenvalue weighted by Crippen LogP contribution is 2.00. The summed E-state index contributed by atoms with van der Waals surface area (Å²) in [5.74, 6) is 4.87. The molecule has 13 heavy (non-hydrogen) atoms. The van der Waals surface area contributed by atoms with Crippen LogP contribution >= 0.6 is 0 Å². The van der Waals surface area contributed by atoms with Crippen molar-refractivity contribution >= 4 is 0 Å². The van der Waals surface area contributed by atoms with Crippen molar-refractivity contribution in [3.63, 3.8) is 0 Å². The van der Waals surface area contributed by atoms with E-state index in [0.717, 1.165) is 26.2 Å². The Morgan fingerprint density at radius 3 is 2.54 bits per heavy atom. The number of hydrogen-bond donors (Lipinski definition) is 2. The van der Waals surface area contributed by atoms with E-state index in [-0.39, 0.29) is 6.61 Å². The third-order valence-electron chi connectivity index (χ3n) is 2.35. The summed E-state index contributed by atoms with van der Waals surface area (Å²) in [7, 11) is 2.11. The average Bonchev–Trinajstić information content (AvgIpc) is 2.09. The summed E-state index contributed by atoms with van der Waals surface area (Å²) in [6, 6.07) is 0. The molecule has 1 aliphatic heterocycles. The predicted octanol–water partition coefficient (Wildman–Crippen LogP) is -1.51. The number of hydrogen-bond acceptors (Lipinski definition) is 5. The molecule has 0 spiro atoms. The monoisotopic (exact) mass is 189 g/mol. The molecule has 0 amide bonds. The van der Waals surface area contributed by atoms with Crippen molar-refractivity contribution in [2.45, 2.75) is 6.10 Å². The largest absolute Gasteiger partial charge is 0.389 e. The third-order valence-corrected chi connectivity index (χ3v) is 2.35. The molecule has 0 aliphatic carbocycles. The topological polar surface area (TPSA) is 62.0 Å². The van der Waals surface area contributed by atoms with Crippen LogP contribution in [0.2, 0.25) is 0 Å². The van der Waals surface area contributed by atoms with Crippen LogP contribution in [0.1, 0.15) is 0 Å². The van der Waals surface area contributed by atoms with Crippen molar-refractivity contribution in [3.8, 4) is 0 Å². The molecule has 1 aliphatic rings. The molecule has 0 bridgehead atoms. The minimum absolute atomic E-state index is 0.215. The Kier molecular flexibility index (Phi) is 4.61. The van der Waals surface area contributed by atoms with E-state index in [1.54, 1.807) is 0 Å². The van der Waals surface area contributed by atoms with Crippen LogP contribution in [0, 0.1) is 0 Å². The molecule has 3 N–H and O–H groups in total. The molecule has 1 fully saturated rings. The van der Waals surface area contributed by atoms with E-state index >= 15 is 0 Å². The normalized spacial score (nSPS) is 23.3. The number of aliphatic hydroxyl groups excluding tert-OH is 1. The summed E-state index contributed by atoms with van der Waals surface area (Å²) in [6.45, 7) is 5.03. The van der Waals surface area contributed by atoms with Crippen molar-refractivity contribution in [1.29, 1.82) is 0 Å². The fraction of sp³-hybridized carbons (Fsp3) is 1.00. The van der Waals surface area contributed by atoms with Gasteiger partial charge in [-0.15, -0.1) is 0 Å². The summed E-state index contributed by atoms with van der Waals surface area (Å²) >= 11 is 0. The first-order valence-electron chi connectivity index (χ1n) is 4.63.